The van der Waals surface area contributed by atoms with E-state index < -0.39 is 11.3 Å². The van der Waals surface area contributed by atoms with Gasteiger partial charge >= 0.3 is 6.03 Å². The van der Waals surface area contributed by atoms with Gasteiger partial charge in [-0.1, -0.05) is 25.6 Å². The summed E-state index contributed by atoms with van der Waals surface area (Å²) < 4.78 is 1.98. The molecule has 1 fully saturated rings. The van der Waals surface area contributed by atoms with Crippen molar-refractivity contribution in [2.45, 2.75) is 62.9 Å². The van der Waals surface area contributed by atoms with Gasteiger partial charge in [-0.25, -0.2) is 4.79 Å². The summed E-state index contributed by atoms with van der Waals surface area (Å²) in [6, 6.07) is -0.193. The first kappa shape index (κ1) is 20.2. The van der Waals surface area contributed by atoms with Gasteiger partial charge in [-0.05, 0) is 25.7 Å². The molecular formula is C16H26N6O3S. The van der Waals surface area contributed by atoms with Crippen molar-refractivity contribution in [1.29, 1.82) is 0 Å². The van der Waals surface area contributed by atoms with Crippen LogP contribution in [0.25, 0.3) is 0 Å². The number of hydrogen-bond donors (Lipinski definition) is 3. The molecule has 0 spiro atoms. The van der Waals surface area contributed by atoms with E-state index in [1.807, 2.05) is 18.4 Å². The van der Waals surface area contributed by atoms with Gasteiger partial charge in [0.2, 0.25) is 11.8 Å². The van der Waals surface area contributed by atoms with Crippen LogP contribution in [0.2, 0.25) is 0 Å². The largest absolute Gasteiger partial charge is 0.370 e. The number of nitrogens with zero attached hydrogens (tertiary/aromatic N) is 3. The van der Waals surface area contributed by atoms with E-state index in [2.05, 4.69) is 20.8 Å². The van der Waals surface area contributed by atoms with E-state index >= 15 is 0 Å². The lowest BCUT2D eigenvalue weighted by Gasteiger charge is -2.13. The average Bonchev–Trinajstić information content (AvgIpc) is 3.32. The van der Waals surface area contributed by atoms with Gasteiger partial charge in [0.25, 0.3) is 0 Å². The fourth-order valence-corrected chi connectivity index (χ4v) is 3.20. The van der Waals surface area contributed by atoms with E-state index in [0.29, 0.717) is 35.9 Å². The number of nitrogens with one attached hydrogen (secondary N) is 2. The van der Waals surface area contributed by atoms with Crippen LogP contribution in [0.15, 0.2) is 5.16 Å². The molecular weight excluding hydrogens is 356 g/mol. The maximum Gasteiger partial charge on any atom is 0.321 e. The van der Waals surface area contributed by atoms with Crippen LogP contribution in [-0.2, 0) is 16.0 Å². The fourth-order valence-electron chi connectivity index (χ4n) is 2.26. The Kier molecular flexibility index (Phi) is 7.01. The van der Waals surface area contributed by atoms with Crippen molar-refractivity contribution in [3.05, 3.63) is 5.82 Å². The maximum atomic E-state index is 12.2. The summed E-state index contributed by atoms with van der Waals surface area (Å²) >= 11 is 1.25. The highest BCUT2D eigenvalue weighted by molar-refractivity contribution is 8.00. The normalized spacial score (nSPS) is 14.9. The number of nitrogens with two attached hydrogens (primary N) is 1. The van der Waals surface area contributed by atoms with Crippen molar-refractivity contribution in [3.8, 4) is 0 Å². The third kappa shape index (κ3) is 6.01. The molecule has 1 unspecified atom stereocenters. The highest BCUT2D eigenvalue weighted by Crippen LogP contribution is 2.39. The van der Waals surface area contributed by atoms with Crippen LogP contribution in [0.5, 0.6) is 0 Å². The topological polar surface area (TPSA) is 132 Å². The number of thioether (sulfide) groups is 1. The van der Waals surface area contributed by atoms with Gasteiger partial charge in [-0.15, -0.1) is 10.2 Å². The number of hydrogen-bond acceptors (Lipinski definition) is 6. The first-order valence-electron chi connectivity index (χ1n) is 8.75. The molecule has 2 rings (SSSR count). The van der Waals surface area contributed by atoms with Crippen molar-refractivity contribution < 1.29 is 14.4 Å². The molecule has 1 aliphatic carbocycles. The molecule has 0 aliphatic heterocycles. The van der Waals surface area contributed by atoms with Crippen molar-refractivity contribution in [1.82, 2.24) is 25.4 Å². The number of primary amides is 1. The summed E-state index contributed by atoms with van der Waals surface area (Å²) in [5.74, 6) is 0.236. The van der Waals surface area contributed by atoms with E-state index in [0.717, 1.165) is 12.8 Å². The minimum atomic E-state index is -0.509. The van der Waals surface area contributed by atoms with E-state index in [1.54, 1.807) is 6.92 Å². The molecule has 1 aromatic rings. The van der Waals surface area contributed by atoms with Gasteiger partial charge in [0.15, 0.2) is 5.16 Å². The average molecular weight is 382 g/mol. The summed E-state index contributed by atoms with van der Waals surface area (Å²) in [4.78, 5) is 34.9. The van der Waals surface area contributed by atoms with Crippen LogP contribution >= 0.6 is 11.8 Å². The van der Waals surface area contributed by atoms with Gasteiger partial charge in [0.05, 0.1) is 5.25 Å². The van der Waals surface area contributed by atoms with Crippen molar-refractivity contribution in [3.63, 3.8) is 0 Å². The van der Waals surface area contributed by atoms with Gasteiger partial charge in [0, 0.05) is 25.4 Å². The van der Waals surface area contributed by atoms with E-state index in [1.165, 1.54) is 11.8 Å². The summed E-state index contributed by atoms with van der Waals surface area (Å²) in [5, 5.41) is 13.4. The molecule has 9 nitrogen and oxygen atoms in total. The van der Waals surface area contributed by atoms with Crippen LogP contribution in [0.1, 0.15) is 51.9 Å². The Bertz CT molecular complexity index is 671. The lowest BCUT2D eigenvalue weighted by atomic mass is 10.2. The van der Waals surface area contributed by atoms with Gasteiger partial charge in [-0.3, -0.25) is 14.9 Å². The second-order valence-corrected chi connectivity index (χ2v) is 8.13. The Balaban J connectivity index is 1.95. The Morgan fingerprint density at radius 2 is 1.96 bits per heavy atom. The molecule has 10 heteroatoms. The molecule has 1 aliphatic rings. The molecule has 144 valence electrons. The first-order chi connectivity index (χ1) is 12.3. The molecule has 0 radical (unpaired) electrons. The lowest BCUT2D eigenvalue weighted by Crippen LogP contribution is -2.43. The number of urea groups is 1. The third-order valence-corrected chi connectivity index (χ3v) is 4.86. The molecule has 0 saturated heterocycles. The number of aromatic nitrogens is 3. The SMILES string of the molecule is CC(C)CNC(=O)NC(=O)C(C)Sc1nnc(CCC(N)=O)n1C1CC1. The highest BCUT2D eigenvalue weighted by Gasteiger charge is 2.31. The quantitative estimate of drug-likeness (QED) is 0.546. The number of aryl methyl sites for hydroxylation is 1. The Hall–Kier alpha value is -2.10. The Morgan fingerprint density at radius 3 is 2.54 bits per heavy atom. The van der Waals surface area contributed by atoms with Crippen LogP contribution in [-0.4, -0.2) is 44.4 Å². The minimum Gasteiger partial charge on any atom is -0.370 e. The number of carbonyl (C=O) groups is 3. The third-order valence-electron chi connectivity index (χ3n) is 3.80. The molecule has 4 amide bonds. The number of carbonyl (C=O) groups excluding carboxylic acids is 3. The smallest absolute Gasteiger partial charge is 0.321 e. The van der Waals surface area contributed by atoms with Crippen LogP contribution in [0.4, 0.5) is 4.79 Å². The first-order valence-corrected chi connectivity index (χ1v) is 9.63. The molecule has 1 heterocycles. The number of imide groups is 1. The molecule has 4 N–H and O–H groups in total. The molecule has 0 bridgehead atoms. The van der Waals surface area contributed by atoms with E-state index in [4.69, 9.17) is 5.73 Å². The predicted molar refractivity (Wildman–Crippen MR) is 97.5 cm³/mol. The minimum absolute atomic E-state index is 0.210. The number of rotatable bonds is 9. The fraction of sp³-hybridized carbons (Fsp3) is 0.688. The van der Waals surface area contributed by atoms with E-state index in [9.17, 15) is 14.4 Å². The zero-order valence-corrected chi connectivity index (χ0v) is 16.1. The van der Waals surface area contributed by atoms with Gasteiger partial charge in [0.1, 0.15) is 5.82 Å². The zero-order valence-electron chi connectivity index (χ0n) is 15.3. The highest BCUT2D eigenvalue weighted by atomic mass is 32.2. The van der Waals surface area contributed by atoms with Gasteiger partial charge in [-0.2, -0.15) is 0 Å². The summed E-state index contributed by atoms with van der Waals surface area (Å²) in [7, 11) is 0. The maximum absolute atomic E-state index is 12.2. The van der Waals surface area contributed by atoms with Crippen molar-refractivity contribution in [2.24, 2.45) is 11.7 Å². The zero-order chi connectivity index (χ0) is 19.3. The molecule has 1 saturated carbocycles. The molecule has 1 aromatic heterocycles. The van der Waals surface area contributed by atoms with Crippen molar-refractivity contribution >= 4 is 29.6 Å². The monoisotopic (exact) mass is 382 g/mol. The van der Waals surface area contributed by atoms with Gasteiger partial charge < -0.3 is 15.6 Å². The number of amides is 4. The molecule has 1 atom stereocenters. The molecule has 0 aromatic carbocycles. The second kappa shape index (κ2) is 9.02. The molecule has 26 heavy (non-hydrogen) atoms. The summed E-state index contributed by atoms with van der Waals surface area (Å²) in [5.41, 5.74) is 5.21. The van der Waals surface area contributed by atoms with Crippen molar-refractivity contribution in [2.75, 3.05) is 6.54 Å². The van der Waals surface area contributed by atoms with Crippen LogP contribution in [0.3, 0.4) is 0 Å². The Labute approximate surface area is 156 Å². The Morgan fingerprint density at radius 1 is 1.27 bits per heavy atom. The summed E-state index contributed by atoms with van der Waals surface area (Å²) in [6.07, 6.45) is 2.68. The standard InChI is InChI=1S/C16H26N6O3S/c1-9(2)8-18-15(25)19-14(24)10(3)26-16-21-20-13(7-6-12(17)23)22(16)11-4-5-11/h9-11H,4-8H2,1-3H3,(H2,17,23)(H2,18,19,24,25). The predicted octanol–water partition coefficient (Wildman–Crippen LogP) is 0.993. The van der Waals surface area contributed by atoms with Crippen LogP contribution < -0.4 is 16.4 Å². The van der Waals surface area contributed by atoms with E-state index in [-0.39, 0.29) is 18.2 Å². The van der Waals surface area contributed by atoms with Crippen LogP contribution in [0, 0.1) is 5.92 Å². The summed E-state index contributed by atoms with van der Waals surface area (Å²) in [6.45, 7) is 6.16. The second-order valence-electron chi connectivity index (χ2n) is 6.82. The lowest BCUT2D eigenvalue weighted by molar-refractivity contribution is -0.119.